The lowest BCUT2D eigenvalue weighted by molar-refractivity contribution is -0.118. The molecule has 0 saturated carbocycles. The second-order valence-electron chi connectivity index (χ2n) is 4.48. The van der Waals surface area contributed by atoms with Crippen LogP contribution >= 0.6 is 34.7 Å². The highest BCUT2D eigenvalue weighted by Gasteiger charge is 2.14. The van der Waals surface area contributed by atoms with Crippen molar-refractivity contribution >= 4 is 52.2 Å². The largest absolute Gasteiger partial charge is 0.355 e. The van der Waals surface area contributed by atoms with Gasteiger partial charge in [0.15, 0.2) is 4.34 Å². The number of anilines is 1. The minimum absolute atomic E-state index is 0.0584. The Hall–Kier alpha value is -1.64. The summed E-state index contributed by atoms with van der Waals surface area (Å²) in [7, 11) is 0. The molecule has 2 aromatic rings. The lowest BCUT2D eigenvalue weighted by atomic mass is 10.3. The molecular formula is C14H15ClN4O2S2. The number of thioether (sulfide) groups is 1. The molecule has 0 fully saturated rings. The summed E-state index contributed by atoms with van der Waals surface area (Å²) in [6, 6.07) is 6.85. The fourth-order valence-corrected chi connectivity index (χ4v) is 3.32. The van der Waals surface area contributed by atoms with Crippen LogP contribution in [0, 0.1) is 0 Å². The molecule has 2 rings (SSSR count). The topological polar surface area (TPSA) is 84.0 Å². The average Bonchev–Trinajstić information content (AvgIpc) is 3.00. The molecule has 1 aromatic heterocycles. The van der Waals surface area contributed by atoms with Crippen molar-refractivity contribution < 1.29 is 9.59 Å². The number of halogens is 1. The van der Waals surface area contributed by atoms with Gasteiger partial charge in [0.2, 0.25) is 10.9 Å². The average molecular weight is 371 g/mol. The van der Waals surface area contributed by atoms with Gasteiger partial charge in [0.1, 0.15) is 0 Å². The first kappa shape index (κ1) is 17.7. The number of benzene rings is 1. The van der Waals surface area contributed by atoms with Gasteiger partial charge in [-0.05, 0) is 24.6 Å². The lowest BCUT2D eigenvalue weighted by Gasteiger charge is -2.02. The maximum absolute atomic E-state index is 12.1. The van der Waals surface area contributed by atoms with Crippen LogP contribution in [0.1, 0.15) is 23.1 Å². The van der Waals surface area contributed by atoms with E-state index in [1.165, 1.54) is 11.8 Å². The van der Waals surface area contributed by atoms with E-state index in [0.717, 1.165) is 17.8 Å². The summed E-state index contributed by atoms with van der Waals surface area (Å²) in [5.41, 5.74) is 0.589. The second-order valence-corrected chi connectivity index (χ2v) is 7.11. The zero-order chi connectivity index (χ0) is 16.7. The fourth-order valence-electron chi connectivity index (χ4n) is 1.55. The molecule has 1 heterocycles. The van der Waals surface area contributed by atoms with Crippen LogP contribution in [0.3, 0.4) is 0 Å². The van der Waals surface area contributed by atoms with E-state index in [1.54, 1.807) is 24.3 Å². The molecular weight excluding hydrogens is 356 g/mol. The van der Waals surface area contributed by atoms with Gasteiger partial charge in [-0.2, -0.15) is 0 Å². The normalized spacial score (nSPS) is 10.3. The molecule has 0 aliphatic heterocycles. The standard InChI is InChI=1S/C14H15ClN4O2S2/c1-2-6-16-11(20)8-22-14-19-18-13(23-14)12(21)17-10-5-3-4-9(15)7-10/h3-5,7H,2,6,8H2,1H3,(H,16,20)(H,17,21). The number of nitrogens with one attached hydrogen (secondary N) is 2. The first-order valence-corrected chi connectivity index (χ1v) is 9.06. The first-order chi connectivity index (χ1) is 11.1. The molecule has 2 N–H and O–H groups in total. The minimum Gasteiger partial charge on any atom is -0.355 e. The molecule has 2 amide bonds. The molecule has 6 nitrogen and oxygen atoms in total. The number of carbonyl (C=O) groups excluding carboxylic acids is 2. The van der Waals surface area contributed by atoms with E-state index < -0.39 is 0 Å². The molecule has 0 aliphatic rings. The number of aromatic nitrogens is 2. The van der Waals surface area contributed by atoms with Gasteiger partial charge in [0, 0.05) is 17.3 Å². The van der Waals surface area contributed by atoms with Crippen LogP contribution in [0.5, 0.6) is 0 Å². The van der Waals surface area contributed by atoms with E-state index >= 15 is 0 Å². The Morgan fingerprint density at radius 2 is 2.17 bits per heavy atom. The Kier molecular flexibility index (Phi) is 6.82. The van der Waals surface area contributed by atoms with E-state index in [9.17, 15) is 9.59 Å². The first-order valence-electron chi connectivity index (χ1n) is 6.88. The third kappa shape index (κ3) is 5.81. The summed E-state index contributed by atoms with van der Waals surface area (Å²) in [5.74, 6) is -0.158. The smallest absolute Gasteiger partial charge is 0.286 e. The monoisotopic (exact) mass is 370 g/mol. The summed E-state index contributed by atoms with van der Waals surface area (Å²) >= 11 is 8.27. The van der Waals surface area contributed by atoms with Crippen LogP contribution in [0.25, 0.3) is 0 Å². The van der Waals surface area contributed by atoms with Gasteiger partial charge in [-0.1, -0.05) is 47.7 Å². The van der Waals surface area contributed by atoms with Crippen LogP contribution in [-0.2, 0) is 4.79 Å². The Morgan fingerprint density at radius 3 is 2.91 bits per heavy atom. The fraction of sp³-hybridized carbons (Fsp3) is 0.286. The van der Waals surface area contributed by atoms with E-state index in [2.05, 4.69) is 20.8 Å². The highest BCUT2D eigenvalue weighted by molar-refractivity contribution is 8.01. The number of hydrogen-bond donors (Lipinski definition) is 2. The van der Waals surface area contributed by atoms with Crippen LogP contribution < -0.4 is 10.6 Å². The van der Waals surface area contributed by atoms with Gasteiger partial charge in [-0.15, -0.1) is 10.2 Å². The molecule has 23 heavy (non-hydrogen) atoms. The summed E-state index contributed by atoms with van der Waals surface area (Å²) in [6.07, 6.45) is 0.892. The Bertz CT molecular complexity index is 693. The lowest BCUT2D eigenvalue weighted by Crippen LogP contribution is -2.25. The van der Waals surface area contributed by atoms with Gasteiger partial charge < -0.3 is 10.6 Å². The summed E-state index contributed by atoms with van der Waals surface area (Å²) in [4.78, 5) is 23.6. The van der Waals surface area contributed by atoms with Crippen LogP contribution in [0.15, 0.2) is 28.6 Å². The molecule has 0 unspecified atom stereocenters. The van der Waals surface area contributed by atoms with Crippen molar-refractivity contribution in [3.05, 3.63) is 34.3 Å². The Labute approximate surface area is 147 Å². The molecule has 0 atom stereocenters. The van der Waals surface area contributed by atoms with E-state index in [4.69, 9.17) is 11.6 Å². The molecule has 0 aliphatic carbocycles. The highest BCUT2D eigenvalue weighted by Crippen LogP contribution is 2.23. The van der Waals surface area contributed by atoms with E-state index in [-0.39, 0.29) is 22.6 Å². The van der Waals surface area contributed by atoms with E-state index in [1.807, 2.05) is 6.92 Å². The van der Waals surface area contributed by atoms with Gasteiger partial charge in [0.05, 0.1) is 5.75 Å². The maximum Gasteiger partial charge on any atom is 0.286 e. The van der Waals surface area contributed by atoms with Crippen molar-refractivity contribution in [2.45, 2.75) is 17.7 Å². The summed E-state index contributed by atoms with van der Waals surface area (Å²) in [5, 5.41) is 14.0. The predicted octanol–water partition coefficient (Wildman–Crippen LogP) is 3.06. The zero-order valence-electron chi connectivity index (χ0n) is 12.3. The molecule has 9 heteroatoms. The molecule has 0 bridgehead atoms. The number of amides is 2. The van der Waals surface area contributed by atoms with Crippen molar-refractivity contribution in [1.82, 2.24) is 15.5 Å². The van der Waals surface area contributed by atoms with E-state index in [0.29, 0.717) is 21.6 Å². The number of carbonyl (C=O) groups is 2. The predicted molar refractivity (Wildman–Crippen MR) is 93.3 cm³/mol. The third-order valence-electron chi connectivity index (χ3n) is 2.58. The molecule has 122 valence electrons. The van der Waals surface area contributed by atoms with Gasteiger partial charge >= 0.3 is 0 Å². The number of nitrogens with zero attached hydrogens (tertiary/aromatic N) is 2. The van der Waals surface area contributed by atoms with Crippen LogP contribution in [0.4, 0.5) is 5.69 Å². The van der Waals surface area contributed by atoms with Crippen molar-refractivity contribution in [2.75, 3.05) is 17.6 Å². The maximum atomic E-state index is 12.1. The number of hydrogen-bond acceptors (Lipinski definition) is 6. The SMILES string of the molecule is CCCNC(=O)CSc1nnc(C(=O)Nc2cccc(Cl)c2)s1. The quantitative estimate of drug-likeness (QED) is 0.732. The Balaban J connectivity index is 1.88. The highest BCUT2D eigenvalue weighted by atomic mass is 35.5. The van der Waals surface area contributed by atoms with Crippen molar-refractivity contribution in [3.63, 3.8) is 0 Å². The minimum atomic E-state index is -0.355. The van der Waals surface area contributed by atoms with Crippen molar-refractivity contribution in [2.24, 2.45) is 0 Å². The van der Waals surface area contributed by atoms with Crippen molar-refractivity contribution in [3.8, 4) is 0 Å². The zero-order valence-corrected chi connectivity index (χ0v) is 14.7. The molecule has 0 saturated heterocycles. The molecule has 1 aromatic carbocycles. The molecule has 0 radical (unpaired) electrons. The Morgan fingerprint density at radius 1 is 1.35 bits per heavy atom. The van der Waals surface area contributed by atoms with Gasteiger partial charge in [-0.25, -0.2) is 0 Å². The number of rotatable bonds is 7. The summed E-state index contributed by atoms with van der Waals surface area (Å²) < 4.78 is 0.577. The van der Waals surface area contributed by atoms with Crippen molar-refractivity contribution in [1.29, 1.82) is 0 Å². The van der Waals surface area contributed by atoms with Gasteiger partial charge in [-0.3, -0.25) is 9.59 Å². The molecule has 0 spiro atoms. The third-order valence-corrected chi connectivity index (χ3v) is 4.87. The van der Waals surface area contributed by atoms with Crippen LogP contribution in [-0.4, -0.2) is 34.3 Å². The second kappa shape index (κ2) is 8.85. The summed E-state index contributed by atoms with van der Waals surface area (Å²) in [6.45, 7) is 2.64. The van der Waals surface area contributed by atoms with Gasteiger partial charge in [0.25, 0.3) is 5.91 Å². The van der Waals surface area contributed by atoms with Crippen LogP contribution in [0.2, 0.25) is 5.02 Å².